The number of hydrogen-bond donors (Lipinski definition) is 0. The highest BCUT2D eigenvalue weighted by Crippen LogP contribution is 2.29. The Balaban J connectivity index is 2.82. The van der Waals surface area contributed by atoms with E-state index in [-0.39, 0.29) is 5.54 Å². The lowest BCUT2D eigenvalue weighted by molar-refractivity contribution is 0.410. The molecular weight excluding hydrogens is 208 g/mol. The molecule has 0 amide bonds. The highest BCUT2D eigenvalue weighted by atomic mass is 15.0. The maximum atomic E-state index is 4.52. The quantitative estimate of drug-likeness (QED) is 0.764. The fourth-order valence-electron chi connectivity index (χ4n) is 2.43. The van der Waals surface area contributed by atoms with Gasteiger partial charge in [0.05, 0.1) is 5.52 Å². The Morgan fingerprint density at radius 3 is 2.41 bits per heavy atom. The summed E-state index contributed by atoms with van der Waals surface area (Å²) in [6, 6.07) is 2.14. The zero-order chi connectivity index (χ0) is 12.6. The first kappa shape index (κ1) is 12.2. The van der Waals surface area contributed by atoms with Gasteiger partial charge in [0.1, 0.15) is 0 Å². The summed E-state index contributed by atoms with van der Waals surface area (Å²) in [6.45, 7) is 11.1. The Labute approximate surface area is 104 Å². The van der Waals surface area contributed by atoms with E-state index >= 15 is 0 Å². The van der Waals surface area contributed by atoms with E-state index in [9.17, 15) is 0 Å². The molecule has 0 aliphatic rings. The topological polar surface area (TPSA) is 17.8 Å². The van der Waals surface area contributed by atoms with Crippen LogP contribution in [0.25, 0.3) is 10.9 Å². The van der Waals surface area contributed by atoms with Crippen molar-refractivity contribution in [3.63, 3.8) is 0 Å². The van der Waals surface area contributed by atoms with Gasteiger partial charge in [-0.3, -0.25) is 4.98 Å². The Hall–Kier alpha value is -1.31. The van der Waals surface area contributed by atoms with Crippen molar-refractivity contribution in [3.05, 3.63) is 29.7 Å². The number of fused-ring (bicyclic) bond motifs is 1. The van der Waals surface area contributed by atoms with E-state index in [1.165, 1.54) is 22.2 Å². The van der Waals surface area contributed by atoms with Crippen molar-refractivity contribution in [2.75, 3.05) is 0 Å². The number of hydrogen-bond acceptors (Lipinski definition) is 1. The molecule has 0 fully saturated rings. The van der Waals surface area contributed by atoms with E-state index in [0.29, 0.717) is 0 Å². The molecule has 0 saturated carbocycles. The molecular formula is C15H22N2. The monoisotopic (exact) mass is 230 g/mol. The van der Waals surface area contributed by atoms with Crippen molar-refractivity contribution in [2.45, 2.75) is 53.0 Å². The molecule has 0 spiro atoms. The lowest BCUT2D eigenvalue weighted by Gasteiger charge is -2.22. The molecule has 17 heavy (non-hydrogen) atoms. The van der Waals surface area contributed by atoms with Gasteiger partial charge in [0.2, 0.25) is 0 Å². The molecule has 0 N–H and O–H groups in total. The third kappa shape index (κ3) is 1.97. The molecule has 2 nitrogen and oxygen atoms in total. The number of pyridine rings is 1. The van der Waals surface area contributed by atoms with Crippen LogP contribution in [-0.2, 0) is 18.4 Å². The van der Waals surface area contributed by atoms with Crippen LogP contribution in [0.15, 0.2) is 18.5 Å². The van der Waals surface area contributed by atoms with Crippen molar-refractivity contribution in [1.29, 1.82) is 0 Å². The number of rotatable bonds is 2. The first-order valence-electron chi connectivity index (χ1n) is 6.47. The third-order valence-corrected chi connectivity index (χ3v) is 3.31. The van der Waals surface area contributed by atoms with Crippen LogP contribution >= 0.6 is 0 Å². The van der Waals surface area contributed by atoms with Crippen LogP contribution in [0.2, 0.25) is 0 Å². The Morgan fingerprint density at radius 2 is 1.88 bits per heavy atom. The van der Waals surface area contributed by atoms with E-state index in [2.05, 4.69) is 56.4 Å². The zero-order valence-electron chi connectivity index (χ0n) is 11.5. The predicted molar refractivity (Wildman–Crippen MR) is 73.5 cm³/mol. The highest BCUT2D eigenvalue weighted by Gasteiger charge is 2.19. The van der Waals surface area contributed by atoms with Gasteiger partial charge in [-0.15, -0.1) is 0 Å². The number of aryl methyl sites for hydroxylation is 2. The van der Waals surface area contributed by atoms with Crippen LogP contribution in [0.4, 0.5) is 0 Å². The summed E-state index contributed by atoms with van der Waals surface area (Å²) in [5.74, 6) is 0. The third-order valence-electron chi connectivity index (χ3n) is 3.31. The summed E-state index contributed by atoms with van der Waals surface area (Å²) < 4.78 is 2.38. The average molecular weight is 230 g/mol. The molecule has 2 aromatic heterocycles. The molecule has 2 heteroatoms. The first-order chi connectivity index (χ1) is 7.99. The van der Waals surface area contributed by atoms with Crippen LogP contribution in [0.5, 0.6) is 0 Å². The van der Waals surface area contributed by atoms with Gasteiger partial charge in [0, 0.05) is 29.0 Å². The maximum absolute atomic E-state index is 4.52. The second-order valence-electron chi connectivity index (χ2n) is 5.55. The predicted octanol–water partition coefficient (Wildman–Crippen LogP) is 3.92. The van der Waals surface area contributed by atoms with Crippen LogP contribution in [0.3, 0.4) is 0 Å². The highest BCUT2D eigenvalue weighted by molar-refractivity contribution is 5.86. The Morgan fingerprint density at radius 1 is 1.18 bits per heavy atom. The van der Waals surface area contributed by atoms with Crippen molar-refractivity contribution in [1.82, 2.24) is 9.55 Å². The summed E-state index contributed by atoms with van der Waals surface area (Å²) in [7, 11) is 0. The Bertz CT molecular complexity index is 530. The van der Waals surface area contributed by atoms with Gasteiger partial charge in [0.25, 0.3) is 0 Å². The molecule has 0 radical (unpaired) electrons. The molecule has 0 aromatic carbocycles. The summed E-state index contributed by atoms with van der Waals surface area (Å²) in [4.78, 5) is 4.52. The smallest absolute Gasteiger partial charge is 0.0522 e. The van der Waals surface area contributed by atoms with Gasteiger partial charge in [0.15, 0.2) is 0 Å². The molecule has 0 aliphatic heterocycles. The molecule has 0 unspecified atom stereocenters. The van der Waals surface area contributed by atoms with Gasteiger partial charge in [-0.25, -0.2) is 0 Å². The van der Waals surface area contributed by atoms with Crippen LogP contribution in [0.1, 0.15) is 45.9 Å². The van der Waals surface area contributed by atoms with Gasteiger partial charge >= 0.3 is 0 Å². The van der Waals surface area contributed by atoms with Crippen molar-refractivity contribution < 1.29 is 0 Å². The molecule has 0 aliphatic carbocycles. The zero-order valence-corrected chi connectivity index (χ0v) is 11.5. The fourth-order valence-corrected chi connectivity index (χ4v) is 2.43. The van der Waals surface area contributed by atoms with Crippen molar-refractivity contribution >= 4 is 10.9 Å². The average Bonchev–Trinajstić information content (AvgIpc) is 2.67. The first-order valence-corrected chi connectivity index (χ1v) is 6.47. The fraction of sp³-hybridized carbons (Fsp3) is 0.533. The van der Waals surface area contributed by atoms with Gasteiger partial charge in [-0.2, -0.15) is 0 Å². The van der Waals surface area contributed by atoms with Crippen LogP contribution in [-0.4, -0.2) is 9.55 Å². The van der Waals surface area contributed by atoms with Gasteiger partial charge in [-0.05, 0) is 45.2 Å². The minimum Gasteiger partial charge on any atom is -0.342 e. The molecule has 0 bridgehead atoms. The molecule has 2 rings (SSSR count). The molecule has 0 atom stereocenters. The molecule has 2 aromatic rings. The number of nitrogens with zero attached hydrogens (tertiary/aromatic N) is 2. The van der Waals surface area contributed by atoms with E-state index < -0.39 is 0 Å². The standard InChI is InChI=1S/C15H22N2/c1-6-11-10-17(15(3,4)5)13-8-9-16-12(7-2)14(11)13/h8-10H,6-7H2,1-5H3. The second kappa shape index (κ2) is 4.17. The SMILES string of the molecule is CCc1cn(C(C)(C)C)c2ccnc(CC)c12. The minimum absolute atomic E-state index is 0.123. The summed E-state index contributed by atoms with van der Waals surface area (Å²) in [5, 5.41) is 1.37. The second-order valence-corrected chi connectivity index (χ2v) is 5.55. The molecule has 0 saturated heterocycles. The van der Waals surface area contributed by atoms with Crippen molar-refractivity contribution in [3.8, 4) is 0 Å². The van der Waals surface area contributed by atoms with Crippen molar-refractivity contribution in [2.24, 2.45) is 0 Å². The normalized spacial score (nSPS) is 12.3. The largest absolute Gasteiger partial charge is 0.342 e. The summed E-state index contributed by atoms with van der Waals surface area (Å²) in [5.41, 5.74) is 4.08. The lowest BCUT2D eigenvalue weighted by atomic mass is 10.1. The summed E-state index contributed by atoms with van der Waals surface area (Å²) >= 11 is 0. The maximum Gasteiger partial charge on any atom is 0.0522 e. The van der Waals surface area contributed by atoms with Gasteiger partial charge in [-0.1, -0.05) is 13.8 Å². The molecule has 92 valence electrons. The van der Waals surface area contributed by atoms with E-state index in [4.69, 9.17) is 0 Å². The van der Waals surface area contributed by atoms with Gasteiger partial charge < -0.3 is 4.57 Å². The van der Waals surface area contributed by atoms with E-state index in [1.54, 1.807) is 0 Å². The van der Waals surface area contributed by atoms with E-state index in [1.807, 2.05) is 6.20 Å². The lowest BCUT2D eigenvalue weighted by Crippen LogP contribution is -2.20. The number of aromatic nitrogens is 2. The van der Waals surface area contributed by atoms with E-state index in [0.717, 1.165) is 12.8 Å². The molecule has 2 heterocycles. The van der Waals surface area contributed by atoms with Crippen LogP contribution in [0, 0.1) is 0 Å². The van der Waals surface area contributed by atoms with Crippen LogP contribution < -0.4 is 0 Å². The minimum atomic E-state index is 0.123. The summed E-state index contributed by atoms with van der Waals surface area (Å²) in [6.07, 6.45) is 6.30. The Kier molecular flexibility index (Phi) is 2.98.